The molecule has 0 aromatic heterocycles. The van der Waals surface area contributed by atoms with Gasteiger partial charge in [-0.2, -0.15) is 0 Å². The van der Waals surface area contributed by atoms with Crippen LogP contribution in [0, 0.1) is 0 Å². The van der Waals surface area contributed by atoms with Crippen LogP contribution in [0.1, 0.15) is 22.1 Å². The first-order valence-corrected chi connectivity index (χ1v) is 7.02. The number of ketones is 1. The lowest BCUT2D eigenvalue weighted by molar-refractivity contribution is 0.0960. The Morgan fingerprint density at radius 3 is 2.21 bits per heavy atom. The first-order valence-electron chi connectivity index (χ1n) is 5.72. The van der Waals surface area contributed by atoms with Gasteiger partial charge < -0.3 is 0 Å². The molecule has 2 rings (SSSR count). The van der Waals surface area contributed by atoms with Gasteiger partial charge in [0, 0.05) is 10.6 Å². The van der Waals surface area contributed by atoms with Gasteiger partial charge in [-0.05, 0) is 29.8 Å². The first-order chi connectivity index (χ1) is 9.09. The van der Waals surface area contributed by atoms with Crippen molar-refractivity contribution in [1.82, 2.24) is 0 Å². The molecule has 0 heterocycles. The van der Waals surface area contributed by atoms with Crippen LogP contribution in [0.15, 0.2) is 54.6 Å². The summed E-state index contributed by atoms with van der Waals surface area (Å²) in [5.74, 6) is -0.298. The van der Waals surface area contributed by atoms with Crippen LogP contribution >= 0.6 is 27.5 Å². The Bertz CT molecular complexity index is 556. The third-order valence-electron chi connectivity index (χ3n) is 2.75. The largest absolute Gasteiger partial charge is 0.293 e. The zero-order valence-corrected chi connectivity index (χ0v) is 12.2. The Balaban J connectivity index is 2.17. The zero-order chi connectivity index (χ0) is 13.8. The van der Waals surface area contributed by atoms with Crippen LogP contribution in [-0.2, 0) is 0 Å². The van der Waals surface area contributed by atoms with Gasteiger partial charge in [0.15, 0.2) is 5.78 Å². The Labute approximate surface area is 124 Å². The molecular weight excluding hydrogens is 331 g/mol. The van der Waals surface area contributed by atoms with E-state index in [1.165, 1.54) is 0 Å². The molecule has 19 heavy (non-hydrogen) atoms. The molecule has 2 aromatic rings. The van der Waals surface area contributed by atoms with Gasteiger partial charge >= 0.3 is 0 Å². The summed E-state index contributed by atoms with van der Waals surface area (Å²) in [5.41, 5.74) is 0.913. The standard InChI is InChI=1S/C15H11BrClFO/c16-13(14(18)10-4-2-1-3-5-10)15(19)11-6-8-12(17)9-7-11/h1-9,13-14H. The number of carbonyl (C=O) groups is 1. The van der Waals surface area contributed by atoms with Crippen LogP contribution in [0.2, 0.25) is 5.02 Å². The van der Waals surface area contributed by atoms with E-state index in [9.17, 15) is 9.18 Å². The third kappa shape index (κ3) is 3.43. The van der Waals surface area contributed by atoms with E-state index < -0.39 is 11.0 Å². The molecule has 0 radical (unpaired) electrons. The quantitative estimate of drug-likeness (QED) is 0.565. The van der Waals surface area contributed by atoms with Gasteiger partial charge in [0.05, 0.1) is 0 Å². The zero-order valence-electron chi connectivity index (χ0n) is 9.89. The monoisotopic (exact) mass is 340 g/mol. The molecule has 2 atom stereocenters. The fourth-order valence-electron chi connectivity index (χ4n) is 1.71. The second-order valence-electron chi connectivity index (χ2n) is 4.09. The smallest absolute Gasteiger partial charge is 0.179 e. The Hall–Kier alpha value is -1.19. The van der Waals surface area contributed by atoms with Crippen LogP contribution in [0.5, 0.6) is 0 Å². The van der Waals surface area contributed by atoms with Crippen molar-refractivity contribution in [3.05, 3.63) is 70.7 Å². The van der Waals surface area contributed by atoms with E-state index in [1.54, 1.807) is 54.6 Å². The number of halogens is 3. The molecule has 0 aliphatic heterocycles. The van der Waals surface area contributed by atoms with Crippen LogP contribution < -0.4 is 0 Å². The van der Waals surface area contributed by atoms with Crippen LogP contribution in [0.4, 0.5) is 4.39 Å². The van der Waals surface area contributed by atoms with Crippen molar-refractivity contribution in [1.29, 1.82) is 0 Å². The number of Topliss-reactive ketones (excluding diaryl/α,β-unsaturated/α-hetero) is 1. The Kier molecular flexibility index (Phi) is 4.72. The summed E-state index contributed by atoms with van der Waals surface area (Å²) < 4.78 is 14.3. The molecular formula is C15H11BrClFO. The maximum Gasteiger partial charge on any atom is 0.179 e. The summed E-state index contributed by atoms with van der Waals surface area (Å²) in [5, 5.41) is 0.544. The Morgan fingerprint density at radius 2 is 1.63 bits per heavy atom. The lowest BCUT2D eigenvalue weighted by Gasteiger charge is -2.14. The minimum Gasteiger partial charge on any atom is -0.293 e. The van der Waals surface area contributed by atoms with Gasteiger partial charge in [-0.15, -0.1) is 0 Å². The molecule has 1 nitrogen and oxygen atoms in total. The average molecular weight is 342 g/mol. The highest BCUT2D eigenvalue weighted by molar-refractivity contribution is 9.10. The van der Waals surface area contributed by atoms with E-state index in [0.717, 1.165) is 0 Å². The van der Waals surface area contributed by atoms with Crippen molar-refractivity contribution in [2.45, 2.75) is 11.0 Å². The highest BCUT2D eigenvalue weighted by atomic mass is 79.9. The van der Waals surface area contributed by atoms with E-state index in [1.807, 2.05) is 0 Å². The van der Waals surface area contributed by atoms with Crippen LogP contribution in [0.3, 0.4) is 0 Å². The SMILES string of the molecule is O=C(c1ccc(Cl)cc1)C(Br)C(F)c1ccccc1. The van der Waals surface area contributed by atoms with Gasteiger partial charge in [0.1, 0.15) is 11.0 Å². The second-order valence-corrected chi connectivity index (χ2v) is 5.51. The van der Waals surface area contributed by atoms with Crippen molar-refractivity contribution in [3.63, 3.8) is 0 Å². The van der Waals surface area contributed by atoms with E-state index in [2.05, 4.69) is 15.9 Å². The van der Waals surface area contributed by atoms with E-state index in [-0.39, 0.29) is 5.78 Å². The maximum absolute atomic E-state index is 14.3. The summed E-state index contributed by atoms with van der Waals surface area (Å²) in [6.07, 6.45) is -1.38. The topological polar surface area (TPSA) is 17.1 Å². The van der Waals surface area contributed by atoms with E-state index >= 15 is 0 Å². The van der Waals surface area contributed by atoms with Gasteiger partial charge in [0.25, 0.3) is 0 Å². The third-order valence-corrected chi connectivity index (χ3v) is 3.89. The van der Waals surface area contributed by atoms with Crippen molar-refractivity contribution in [3.8, 4) is 0 Å². The molecule has 2 aromatic carbocycles. The Morgan fingerprint density at radius 1 is 1.05 bits per heavy atom. The fourth-order valence-corrected chi connectivity index (χ4v) is 2.41. The second kappa shape index (κ2) is 6.31. The van der Waals surface area contributed by atoms with Crippen molar-refractivity contribution in [2.75, 3.05) is 0 Å². The number of hydrogen-bond donors (Lipinski definition) is 0. The first kappa shape index (κ1) is 14.2. The number of hydrogen-bond acceptors (Lipinski definition) is 1. The van der Waals surface area contributed by atoms with Gasteiger partial charge in [0.2, 0.25) is 0 Å². The summed E-state index contributed by atoms with van der Waals surface area (Å²) in [6.45, 7) is 0. The molecule has 4 heteroatoms. The summed E-state index contributed by atoms with van der Waals surface area (Å²) in [4.78, 5) is 11.2. The molecule has 0 amide bonds. The van der Waals surface area contributed by atoms with E-state index in [0.29, 0.717) is 16.1 Å². The van der Waals surface area contributed by atoms with E-state index in [4.69, 9.17) is 11.6 Å². The van der Waals surface area contributed by atoms with Crippen molar-refractivity contribution >= 4 is 33.3 Å². The van der Waals surface area contributed by atoms with Gasteiger partial charge in [-0.1, -0.05) is 57.9 Å². The lowest BCUT2D eigenvalue weighted by Crippen LogP contribution is -2.20. The average Bonchev–Trinajstić information content (AvgIpc) is 2.46. The summed E-state index contributed by atoms with van der Waals surface area (Å²) in [6, 6.07) is 15.0. The molecule has 0 saturated heterocycles. The molecule has 2 unspecified atom stereocenters. The predicted octanol–water partition coefficient (Wildman–Crippen LogP) is 5.00. The minimum atomic E-state index is -1.38. The number of rotatable bonds is 4. The summed E-state index contributed by atoms with van der Waals surface area (Å²) in [7, 11) is 0. The molecule has 0 aliphatic rings. The molecule has 0 spiro atoms. The number of alkyl halides is 2. The highest BCUT2D eigenvalue weighted by Gasteiger charge is 2.27. The molecule has 0 fully saturated rings. The summed E-state index contributed by atoms with van der Waals surface area (Å²) >= 11 is 8.90. The van der Waals surface area contributed by atoms with Gasteiger partial charge in [-0.25, -0.2) is 4.39 Å². The van der Waals surface area contributed by atoms with Crippen LogP contribution in [0.25, 0.3) is 0 Å². The number of benzene rings is 2. The van der Waals surface area contributed by atoms with Crippen LogP contribution in [-0.4, -0.2) is 10.6 Å². The molecule has 0 aliphatic carbocycles. The van der Waals surface area contributed by atoms with Crippen molar-refractivity contribution < 1.29 is 9.18 Å². The molecule has 98 valence electrons. The molecule has 0 saturated carbocycles. The highest BCUT2D eigenvalue weighted by Crippen LogP contribution is 2.29. The number of carbonyl (C=O) groups excluding carboxylic acids is 1. The normalized spacial score (nSPS) is 13.8. The lowest BCUT2D eigenvalue weighted by atomic mass is 10.0. The van der Waals surface area contributed by atoms with Crippen molar-refractivity contribution in [2.24, 2.45) is 0 Å². The maximum atomic E-state index is 14.3. The van der Waals surface area contributed by atoms with Gasteiger partial charge in [-0.3, -0.25) is 4.79 Å². The molecule has 0 N–H and O–H groups in total. The molecule has 0 bridgehead atoms. The minimum absolute atomic E-state index is 0.298. The fraction of sp³-hybridized carbons (Fsp3) is 0.133. The predicted molar refractivity (Wildman–Crippen MR) is 78.8 cm³/mol.